The second kappa shape index (κ2) is 8.21. The Morgan fingerprint density at radius 1 is 1.47 bits per heavy atom. The fraction of sp³-hybridized carbons (Fsp3) is 0.417. The van der Waals surface area contributed by atoms with Gasteiger partial charge in [-0.1, -0.05) is 0 Å². The van der Waals surface area contributed by atoms with E-state index in [1.807, 2.05) is 18.2 Å². The molecule has 0 saturated heterocycles. The molecule has 0 amide bonds. The van der Waals surface area contributed by atoms with Crippen LogP contribution < -0.4 is 0 Å². The fourth-order valence-corrected chi connectivity index (χ4v) is 2.86. The molecule has 5 heteroatoms. The summed E-state index contributed by atoms with van der Waals surface area (Å²) in [7, 11) is -0.543. The molecule has 2 nitrogen and oxygen atoms in total. The number of hydrogen-bond donors (Lipinski definition) is 1. The summed E-state index contributed by atoms with van der Waals surface area (Å²) in [6.07, 6.45) is 1.41. The van der Waals surface area contributed by atoms with Crippen LogP contribution in [0.25, 0.3) is 0 Å². The molecule has 0 radical (unpaired) electrons. The SMILES string of the molecule is C[S](=[Co])C(=O)CC(O)CSCc1ccccc1. The van der Waals surface area contributed by atoms with Crippen molar-refractivity contribution in [3.63, 3.8) is 0 Å². The molecule has 0 saturated carbocycles. The van der Waals surface area contributed by atoms with Crippen molar-refractivity contribution >= 4 is 25.7 Å². The van der Waals surface area contributed by atoms with Crippen LogP contribution in [0, 0.1) is 0 Å². The first kappa shape index (κ1) is 15.1. The molecule has 1 aromatic carbocycles. The van der Waals surface area contributed by atoms with Gasteiger partial charge in [-0.15, -0.1) is 0 Å². The minimum atomic E-state index is -0.558. The van der Waals surface area contributed by atoms with Gasteiger partial charge in [0.2, 0.25) is 0 Å². The zero-order valence-corrected chi connectivity index (χ0v) is 12.3. The molecule has 0 aliphatic rings. The van der Waals surface area contributed by atoms with E-state index in [-0.39, 0.29) is 11.5 Å². The van der Waals surface area contributed by atoms with Gasteiger partial charge in [0.1, 0.15) is 0 Å². The van der Waals surface area contributed by atoms with Crippen molar-refractivity contribution in [1.82, 2.24) is 0 Å². The monoisotopic (exact) mass is 315 g/mol. The molecule has 0 heterocycles. The standard InChI is InChI=1S/C12H16O2S2.Co/c1-15-12(14)7-11(13)9-16-8-10-5-3-2-4-6-10;/h2-6,11,13H,7-9H2,1H3;. The zero-order valence-electron chi connectivity index (χ0n) is 9.59. The average Bonchev–Trinajstić information content (AvgIpc) is 2.30. The minimum absolute atomic E-state index is 0.0258. The molecule has 0 bridgehead atoms. The summed E-state index contributed by atoms with van der Waals surface area (Å²) in [6, 6.07) is 10.1. The van der Waals surface area contributed by atoms with E-state index in [1.54, 1.807) is 18.0 Å². The topological polar surface area (TPSA) is 37.3 Å². The molecule has 1 aromatic rings. The molecule has 2 atom stereocenters. The summed E-state index contributed by atoms with van der Waals surface area (Å²) < 4.78 is 0. The second-order valence-electron chi connectivity index (χ2n) is 3.64. The Morgan fingerprint density at radius 3 is 2.71 bits per heavy atom. The van der Waals surface area contributed by atoms with E-state index >= 15 is 0 Å². The van der Waals surface area contributed by atoms with Crippen LogP contribution in [0.15, 0.2) is 30.3 Å². The van der Waals surface area contributed by atoms with Gasteiger partial charge >= 0.3 is 116 Å². The molecule has 1 N–H and O–H groups in total. The Balaban J connectivity index is 2.23. The van der Waals surface area contributed by atoms with Crippen molar-refractivity contribution in [2.75, 3.05) is 12.0 Å². The van der Waals surface area contributed by atoms with Crippen LogP contribution in [-0.2, 0) is 24.7 Å². The number of carbonyl (C=O) groups is 1. The van der Waals surface area contributed by atoms with Crippen LogP contribution in [0.3, 0.4) is 0 Å². The molecular formula is C12H16CoO2S2. The van der Waals surface area contributed by atoms with Gasteiger partial charge in [0.15, 0.2) is 0 Å². The summed E-state index contributed by atoms with van der Waals surface area (Å²) in [4.78, 5) is 11.4. The van der Waals surface area contributed by atoms with Gasteiger partial charge in [-0.3, -0.25) is 0 Å². The third-order valence-electron chi connectivity index (χ3n) is 2.13. The number of hydrogen-bond acceptors (Lipinski definition) is 3. The third kappa shape index (κ3) is 6.52. The van der Waals surface area contributed by atoms with Crippen molar-refractivity contribution in [2.24, 2.45) is 0 Å². The average molecular weight is 315 g/mol. The fourth-order valence-electron chi connectivity index (χ4n) is 1.25. The number of aliphatic hydroxyl groups is 1. The molecule has 2 unspecified atom stereocenters. The van der Waals surface area contributed by atoms with E-state index in [1.165, 1.54) is 5.56 Å². The van der Waals surface area contributed by atoms with Crippen LogP contribution in [0.4, 0.5) is 0 Å². The van der Waals surface area contributed by atoms with E-state index in [0.717, 1.165) is 5.75 Å². The zero-order chi connectivity index (χ0) is 12.7. The summed E-state index contributed by atoms with van der Waals surface area (Å²) in [5, 5.41) is 9.70. The van der Waals surface area contributed by atoms with Crippen molar-refractivity contribution in [3.8, 4) is 0 Å². The van der Waals surface area contributed by atoms with Crippen LogP contribution in [0.2, 0.25) is 0 Å². The third-order valence-corrected chi connectivity index (χ3v) is 4.77. The second-order valence-corrected chi connectivity index (χ2v) is 7.85. The number of benzene rings is 1. The van der Waals surface area contributed by atoms with Crippen LogP contribution in [-0.4, -0.2) is 28.3 Å². The van der Waals surface area contributed by atoms with Crippen LogP contribution >= 0.6 is 20.6 Å². The molecule has 17 heavy (non-hydrogen) atoms. The first-order chi connectivity index (χ1) is 8.09. The first-order valence-electron chi connectivity index (χ1n) is 5.22. The Bertz CT molecular complexity index is 381. The predicted octanol–water partition coefficient (Wildman–Crippen LogP) is 2.56. The number of thioether (sulfide) groups is 1. The normalized spacial score (nSPS) is 14.3. The maximum absolute atomic E-state index is 11.4. The van der Waals surface area contributed by atoms with Gasteiger partial charge in [-0.2, -0.15) is 0 Å². The summed E-state index contributed by atoms with van der Waals surface area (Å²) in [5.41, 5.74) is 1.24. The summed E-state index contributed by atoms with van der Waals surface area (Å²) in [6.45, 7) is 0. The molecule has 1 rings (SSSR count). The van der Waals surface area contributed by atoms with Gasteiger partial charge in [0, 0.05) is 0 Å². The van der Waals surface area contributed by atoms with E-state index in [0.29, 0.717) is 5.75 Å². The van der Waals surface area contributed by atoms with Crippen LogP contribution in [0.1, 0.15) is 12.0 Å². The number of aliphatic hydroxyl groups excluding tert-OH is 1. The Hall–Kier alpha value is 0.0565. The summed E-state index contributed by atoms with van der Waals surface area (Å²) in [5.74, 6) is 1.45. The van der Waals surface area contributed by atoms with Gasteiger partial charge in [0.05, 0.1) is 0 Å². The Morgan fingerprint density at radius 2 is 2.12 bits per heavy atom. The van der Waals surface area contributed by atoms with Gasteiger partial charge in [-0.25, -0.2) is 0 Å². The molecular weight excluding hydrogens is 299 g/mol. The van der Waals surface area contributed by atoms with Crippen molar-refractivity contribution in [1.29, 1.82) is 0 Å². The molecule has 0 fully saturated rings. The van der Waals surface area contributed by atoms with Gasteiger partial charge in [-0.05, 0) is 0 Å². The van der Waals surface area contributed by atoms with Crippen molar-refractivity contribution in [3.05, 3.63) is 35.9 Å². The van der Waals surface area contributed by atoms with E-state index in [4.69, 9.17) is 0 Å². The quantitative estimate of drug-likeness (QED) is 0.877. The molecule has 0 aliphatic carbocycles. The first-order valence-corrected chi connectivity index (χ1v) is 9.15. The molecule has 0 spiro atoms. The molecule has 0 aromatic heterocycles. The van der Waals surface area contributed by atoms with Gasteiger partial charge < -0.3 is 0 Å². The van der Waals surface area contributed by atoms with Gasteiger partial charge in [0.25, 0.3) is 0 Å². The molecule has 97 valence electrons. The number of carbonyl (C=O) groups excluding carboxylic acids is 1. The Kier molecular flexibility index (Phi) is 7.30. The Labute approximate surface area is 116 Å². The predicted molar refractivity (Wildman–Crippen MR) is 71.7 cm³/mol. The van der Waals surface area contributed by atoms with E-state index in [2.05, 4.69) is 26.3 Å². The number of rotatable bonds is 6. The van der Waals surface area contributed by atoms with E-state index < -0.39 is 15.0 Å². The van der Waals surface area contributed by atoms with Crippen LogP contribution in [0.5, 0.6) is 0 Å². The molecule has 0 aliphatic heterocycles. The maximum atomic E-state index is 11.4. The van der Waals surface area contributed by atoms with E-state index in [9.17, 15) is 9.90 Å². The van der Waals surface area contributed by atoms with Crippen molar-refractivity contribution in [2.45, 2.75) is 18.3 Å². The summed E-state index contributed by atoms with van der Waals surface area (Å²) >= 11 is 5.77. The van der Waals surface area contributed by atoms with Crippen molar-refractivity contribution < 1.29 is 24.0 Å².